The van der Waals surface area contributed by atoms with Crippen molar-refractivity contribution in [2.75, 3.05) is 49.5 Å². The number of unbranched alkanes of at least 4 members (excludes halogenated alkanes) is 1. The Labute approximate surface area is 199 Å². The van der Waals surface area contributed by atoms with Crippen molar-refractivity contribution in [2.24, 2.45) is 0 Å². The summed E-state index contributed by atoms with van der Waals surface area (Å²) < 4.78 is 5.74. The fourth-order valence-corrected chi connectivity index (χ4v) is 4.79. The average Bonchev–Trinajstić information content (AvgIpc) is 2.76. The number of fused-ring (bicyclic) bond motifs is 1. The Morgan fingerprint density at radius 1 is 1.10 bits per heavy atom. The molecule has 8 heteroatoms. The van der Waals surface area contributed by atoms with Crippen molar-refractivity contribution in [3.05, 3.63) is 57.2 Å². The normalized spacial score (nSPS) is 17.8. The molecule has 2 heterocycles. The van der Waals surface area contributed by atoms with E-state index < -0.39 is 0 Å². The van der Waals surface area contributed by atoms with Gasteiger partial charge in [-0.05, 0) is 36.6 Å². The van der Waals surface area contributed by atoms with Gasteiger partial charge >= 0.3 is 0 Å². The van der Waals surface area contributed by atoms with Crippen LogP contribution in [0.5, 0.6) is 5.75 Å². The molecule has 1 fully saturated rings. The van der Waals surface area contributed by atoms with Crippen molar-refractivity contribution in [3.8, 4) is 5.75 Å². The molecule has 1 saturated heterocycles. The highest BCUT2D eigenvalue weighted by atomic mass is 35.5. The summed E-state index contributed by atoms with van der Waals surface area (Å²) in [5.74, 6) is 0.842. The molecule has 0 saturated carbocycles. The van der Waals surface area contributed by atoms with Crippen LogP contribution in [-0.4, -0.2) is 49.0 Å². The lowest BCUT2D eigenvalue weighted by Crippen LogP contribution is -2.56. The Kier molecular flexibility index (Phi) is 7.24. The number of thiocarbonyl (C=S) groups is 1. The molecule has 2 aliphatic heterocycles. The molecule has 0 aromatic heterocycles. The molecular formula is C23H27Cl2N3O2S. The first-order valence-electron chi connectivity index (χ1n) is 10.8. The molecular weight excluding hydrogens is 453 g/mol. The molecule has 2 aromatic rings. The van der Waals surface area contributed by atoms with Crippen molar-refractivity contribution >= 4 is 51.8 Å². The summed E-state index contributed by atoms with van der Waals surface area (Å²) in [5, 5.41) is 17.4. The van der Waals surface area contributed by atoms with Crippen molar-refractivity contribution in [3.63, 3.8) is 0 Å². The highest BCUT2D eigenvalue weighted by Crippen LogP contribution is 2.33. The SMILES string of the molecule is [O-][N+]1(CCCCOc2ccc3c(c2)NC(=S)CC3)CCN(c2cccc(Cl)c2Cl)CC1. The van der Waals surface area contributed by atoms with Crippen LogP contribution >= 0.6 is 35.4 Å². The first-order chi connectivity index (χ1) is 14.9. The van der Waals surface area contributed by atoms with Gasteiger partial charge in [0.2, 0.25) is 0 Å². The summed E-state index contributed by atoms with van der Waals surface area (Å²) in [5.41, 5.74) is 3.24. The predicted octanol–water partition coefficient (Wildman–Crippen LogP) is 5.67. The molecule has 0 atom stereocenters. The average molecular weight is 480 g/mol. The van der Waals surface area contributed by atoms with Gasteiger partial charge in [-0.15, -0.1) is 0 Å². The van der Waals surface area contributed by atoms with Gasteiger partial charge in [0, 0.05) is 24.6 Å². The van der Waals surface area contributed by atoms with Crippen LogP contribution in [-0.2, 0) is 6.42 Å². The van der Waals surface area contributed by atoms with E-state index in [1.807, 2.05) is 24.3 Å². The lowest BCUT2D eigenvalue weighted by atomic mass is 10.0. The van der Waals surface area contributed by atoms with E-state index in [0.717, 1.165) is 47.8 Å². The van der Waals surface area contributed by atoms with Crippen LogP contribution in [0.1, 0.15) is 24.8 Å². The van der Waals surface area contributed by atoms with Crippen molar-refractivity contribution in [2.45, 2.75) is 25.7 Å². The number of hydrogen-bond donors (Lipinski definition) is 1. The summed E-state index contributed by atoms with van der Waals surface area (Å²) in [4.78, 5) is 3.04. The van der Waals surface area contributed by atoms with E-state index in [-0.39, 0.29) is 4.65 Å². The van der Waals surface area contributed by atoms with Gasteiger partial charge in [-0.3, -0.25) is 0 Å². The zero-order valence-electron chi connectivity index (χ0n) is 17.4. The molecule has 0 unspecified atom stereocenters. The first kappa shape index (κ1) is 22.6. The van der Waals surface area contributed by atoms with Crippen LogP contribution in [0, 0.1) is 5.21 Å². The van der Waals surface area contributed by atoms with Crippen LogP contribution in [0.3, 0.4) is 0 Å². The lowest BCUT2D eigenvalue weighted by molar-refractivity contribution is -0.881. The second-order valence-corrected chi connectivity index (χ2v) is 9.49. The third-order valence-corrected chi connectivity index (χ3v) is 7.15. The number of nitrogens with zero attached hydrogens (tertiary/aromatic N) is 2. The van der Waals surface area contributed by atoms with Gasteiger partial charge in [0.25, 0.3) is 0 Å². The molecule has 0 spiro atoms. The van der Waals surface area contributed by atoms with Crippen LogP contribution in [0.25, 0.3) is 0 Å². The van der Waals surface area contributed by atoms with Crippen molar-refractivity contribution in [1.82, 2.24) is 0 Å². The number of piperazine rings is 1. The highest BCUT2D eigenvalue weighted by molar-refractivity contribution is 7.80. The minimum absolute atomic E-state index is 0.158. The number of anilines is 2. The predicted molar refractivity (Wildman–Crippen MR) is 133 cm³/mol. The van der Waals surface area contributed by atoms with E-state index in [0.29, 0.717) is 49.4 Å². The maximum Gasteiger partial charge on any atom is 0.121 e. The van der Waals surface area contributed by atoms with E-state index in [1.54, 1.807) is 6.07 Å². The smallest absolute Gasteiger partial charge is 0.121 e. The molecule has 1 N–H and O–H groups in total. The monoisotopic (exact) mass is 479 g/mol. The number of hydroxylamine groups is 3. The maximum absolute atomic E-state index is 13.1. The van der Waals surface area contributed by atoms with Crippen LogP contribution in [0.15, 0.2) is 36.4 Å². The highest BCUT2D eigenvalue weighted by Gasteiger charge is 2.26. The van der Waals surface area contributed by atoms with Gasteiger partial charge in [-0.25, -0.2) is 0 Å². The van der Waals surface area contributed by atoms with Gasteiger partial charge in [0.15, 0.2) is 0 Å². The molecule has 0 aliphatic carbocycles. The van der Waals surface area contributed by atoms with Crippen molar-refractivity contribution < 1.29 is 9.38 Å². The van der Waals surface area contributed by atoms with E-state index in [2.05, 4.69) is 16.3 Å². The lowest BCUT2D eigenvalue weighted by Gasteiger charge is -2.49. The first-order valence-corrected chi connectivity index (χ1v) is 11.9. The molecule has 5 nitrogen and oxygen atoms in total. The maximum atomic E-state index is 13.1. The van der Waals surface area contributed by atoms with E-state index in [9.17, 15) is 5.21 Å². The molecule has 0 amide bonds. The molecule has 0 bridgehead atoms. The summed E-state index contributed by atoms with van der Waals surface area (Å²) in [6, 6.07) is 11.8. The number of ether oxygens (including phenoxy) is 1. The van der Waals surface area contributed by atoms with Crippen LogP contribution in [0.4, 0.5) is 11.4 Å². The number of hydrogen-bond acceptors (Lipinski definition) is 4. The minimum atomic E-state index is -0.158. The minimum Gasteiger partial charge on any atom is -0.633 e. The summed E-state index contributed by atoms with van der Waals surface area (Å²) in [6.45, 7) is 3.70. The standard InChI is InChI=1S/C23H27Cl2N3O2S/c24-19-4-3-5-21(23(19)25)27-10-13-28(29,14-11-27)12-1-2-15-30-18-8-6-17-7-9-22(31)26-20(17)16-18/h3-6,8,16H,1-2,7,9-15H2,(H,26,31). The van der Waals surface area contributed by atoms with Gasteiger partial charge in [0.05, 0.1) is 60.1 Å². The quantitative estimate of drug-likeness (QED) is 0.239. The van der Waals surface area contributed by atoms with E-state index >= 15 is 0 Å². The molecule has 4 rings (SSSR count). The number of rotatable bonds is 7. The molecule has 2 aliphatic rings. The summed E-state index contributed by atoms with van der Waals surface area (Å²) in [7, 11) is 0. The Morgan fingerprint density at radius 3 is 2.71 bits per heavy atom. The Balaban J connectivity index is 1.20. The second kappa shape index (κ2) is 9.92. The summed E-state index contributed by atoms with van der Waals surface area (Å²) in [6.07, 6.45) is 3.58. The van der Waals surface area contributed by atoms with Gasteiger partial charge < -0.3 is 24.8 Å². The number of benzene rings is 2. The zero-order chi connectivity index (χ0) is 21.8. The number of aryl methyl sites for hydroxylation is 1. The molecule has 166 valence electrons. The number of nitrogens with one attached hydrogen (secondary N) is 1. The number of halogens is 2. The van der Waals surface area contributed by atoms with Crippen molar-refractivity contribution in [1.29, 1.82) is 0 Å². The second-order valence-electron chi connectivity index (χ2n) is 8.21. The van der Waals surface area contributed by atoms with E-state index in [1.165, 1.54) is 5.56 Å². The Hall–Kier alpha value is -1.57. The molecule has 2 aromatic carbocycles. The van der Waals surface area contributed by atoms with Gasteiger partial charge in [-0.2, -0.15) is 0 Å². The van der Waals surface area contributed by atoms with Crippen LogP contribution in [0.2, 0.25) is 10.0 Å². The Morgan fingerprint density at radius 2 is 1.90 bits per heavy atom. The molecule has 31 heavy (non-hydrogen) atoms. The fraction of sp³-hybridized carbons (Fsp3) is 0.435. The number of quaternary nitrogens is 1. The third-order valence-electron chi connectivity index (χ3n) is 6.03. The van der Waals surface area contributed by atoms with E-state index in [4.69, 9.17) is 40.2 Å². The summed E-state index contributed by atoms with van der Waals surface area (Å²) >= 11 is 17.7. The largest absolute Gasteiger partial charge is 0.633 e. The van der Waals surface area contributed by atoms with Crippen LogP contribution < -0.4 is 15.0 Å². The zero-order valence-corrected chi connectivity index (χ0v) is 19.7. The fourth-order valence-electron chi connectivity index (χ4n) is 4.16. The third kappa shape index (κ3) is 5.62. The van der Waals surface area contributed by atoms with Gasteiger partial charge in [0.1, 0.15) is 5.75 Å². The topological polar surface area (TPSA) is 47.6 Å². The molecule has 0 radical (unpaired) electrons. The Bertz CT molecular complexity index is 948. The van der Waals surface area contributed by atoms with Gasteiger partial charge in [-0.1, -0.05) is 47.6 Å².